The zero-order chi connectivity index (χ0) is 14.9. The van der Waals surface area contributed by atoms with Gasteiger partial charge in [-0.05, 0) is 56.6 Å². The topological polar surface area (TPSA) is 61.0 Å². The van der Waals surface area contributed by atoms with Gasteiger partial charge in [-0.3, -0.25) is 0 Å². The van der Waals surface area contributed by atoms with Crippen LogP contribution in [0.1, 0.15) is 68.4 Å². The lowest BCUT2D eigenvalue weighted by Crippen LogP contribution is -2.41. The van der Waals surface area contributed by atoms with Crippen LogP contribution < -0.4 is 5.73 Å². The van der Waals surface area contributed by atoms with Crippen molar-refractivity contribution in [1.82, 2.24) is 10.2 Å². The van der Waals surface area contributed by atoms with Crippen LogP contribution in [-0.4, -0.2) is 22.4 Å². The molecule has 0 bridgehead atoms. The molecule has 1 aliphatic heterocycles. The molecular formula is C17H27N3O. The molecule has 2 unspecified atom stereocenters. The smallest absolute Gasteiger partial charge is 0.0685 e. The summed E-state index contributed by atoms with van der Waals surface area (Å²) >= 11 is 0. The summed E-state index contributed by atoms with van der Waals surface area (Å²) in [5.74, 6) is 0.505. The van der Waals surface area contributed by atoms with E-state index in [4.69, 9.17) is 10.5 Å². The van der Waals surface area contributed by atoms with Crippen LogP contribution in [0.25, 0.3) is 0 Å². The Kier molecular flexibility index (Phi) is 4.27. The van der Waals surface area contributed by atoms with Crippen LogP contribution in [0.2, 0.25) is 0 Å². The third kappa shape index (κ3) is 2.97. The van der Waals surface area contributed by atoms with Crippen molar-refractivity contribution in [3.8, 4) is 0 Å². The standard InChI is InChI=1S/C17H27N3O/c1-3-15-14(10-12(2)19-20-15)16(18)13-6-9-21-17(11-13)7-4-5-8-17/h10,13,16H,3-9,11,18H2,1-2H3. The average Bonchev–Trinajstić information content (AvgIpc) is 2.94. The van der Waals surface area contributed by atoms with Gasteiger partial charge in [0.2, 0.25) is 0 Å². The van der Waals surface area contributed by atoms with Crippen molar-refractivity contribution >= 4 is 0 Å². The predicted octanol–water partition coefficient (Wildman–Crippen LogP) is 3.09. The van der Waals surface area contributed by atoms with Gasteiger partial charge >= 0.3 is 0 Å². The molecule has 2 fully saturated rings. The van der Waals surface area contributed by atoms with Gasteiger partial charge in [0.15, 0.2) is 0 Å². The summed E-state index contributed by atoms with van der Waals surface area (Å²) in [7, 11) is 0. The molecule has 0 radical (unpaired) electrons. The molecule has 1 spiro atoms. The van der Waals surface area contributed by atoms with Gasteiger partial charge in [0.1, 0.15) is 0 Å². The monoisotopic (exact) mass is 289 g/mol. The van der Waals surface area contributed by atoms with Crippen molar-refractivity contribution < 1.29 is 4.74 Å². The highest BCUT2D eigenvalue weighted by Gasteiger charge is 2.41. The van der Waals surface area contributed by atoms with Gasteiger partial charge in [-0.2, -0.15) is 10.2 Å². The summed E-state index contributed by atoms with van der Waals surface area (Å²) < 4.78 is 6.14. The molecule has 4 nitrogen and oxygen atoms in total. The zero-order valence-electron chi connectivity index (χ0n) is 13.3. The Bertz CT molecular complexity index is 497. The normalized spacial score (nSPS) is 26.1. The lowest BCUT2D eigenvalue weighted by Gasteiger charge is -2.40. The van der Waals surface area contributed by atoms with E-state index in [1.807, 2.05) is 6.92 Å². The fraction of sp³-hybridized carbons (Fsp3) is 0.765. The van der Waals surface area contributed by atoms with E-state index in [1.165, 1.54) is 31.2 Å². The van der Waals surface area contributed by atoms with Gasteiger partial charge in [-0.15, -0.1) is 0 Å². The Labute approximate surface area is 127 Å². The number of nitrogens with zero attached hydrogens (tertiary/aromatic N) is 2. The van der Waals surface area contributed by atoms with Crippen molar-refractivity contribution in [3.05, 3.63) is 23.0 Å². The maximum atomic E-state index is 6.64. The van der Waals surface area contributed by atoms with Crippen molar-refractivity contribution in [2.75, 3.05) is 6.61 Å². The Balaban J connectivity index is 1.81. The van der Waals surface area contributed by atoms with E-state index in [0.29, 0.717) is 5.92 Å². The second kappa shape index (κ2) is 6.01. The Morgan fingerprint density at radius 1 is 1.38 bits per heavy atom. The molecule has 4 heteroatoms. The fourth-order valence-corrected chi connectivity index (χ4v) is 4.09. The molecule has 2 N–H and O–H groups in total. The van der Waals surface area contributed by atoms with E-state index in [-0.39, 0.29) is 11.6 Å². The molecule has 2 heterocycles. The van der Waals surface area contributed by atoms with Gasteiger partial charge in [-0.25, -0.2) is 0 Å². The van der Waals surface area contributed by atoms with Gasteiger partial charge in [0.05, 0.1) is 17.0 Å². The number of aryl methyl sites for hydroxylation is 2. The van der Waals surface area contributed by atoms with Gasteiger partial charge in [0, 0.05) is 12.6 Å². The number of hydrogen-bond donors (Lipinski definition) is 1. The molecule has 21 heavy (non-hydrogen) atoms. The SMILES string of the molecule is CCc1nnc(C)cc1C(N)C1CCOC2(CCCC2)C1. The highest BCUT2D eigenvalue weighted by molar-refractivity contribution is 5.25. The first-order valence-corrected chi connectivity index (χ1v) is 8.36. The molecule has 3 rings (SSSR count). The Morgan fingerprint density at radius 3 is 2.86 bits per heavy atom. The van der Waals surface area contributed by atoms with Gasteiger partial charge in [0.25, 0.3) is 0 Å². The van der Waals surface area contributed by atoms with Crippen LogP contribution in [0.15, 0.2) is 6.07 Å². The molecule has 1 aliphatic carbocycles. The first-order valence-electron chi connectivity index (χ1n) is 8.36. The van der Waals surface area contributed by atoms with E-state index in [0.717, 1.165) is 37.3 Å². The third-order valence-electron chi connectivity index (χ3n) is 5.27. The quantitative estimate of drug-likeness (QED) is 0.929. The molecule has 1 aromatic heterocycles. The first kappa shape index (κ1) is 14.9. The van der Waals surface area contributed by atoms with E-state index >= 15 is 0 Å². The van der Waals surface area contributed by atoms with Crippen molar-refractivity contribution in [2.24, 2.45) is 11.7 Å². The minimum absolute atomic E-state index is 0.0653. The second-order valence-electron chi connectivity index (χ2n) is 6.76. The van der Waals surface area contributed by atoms with Crippen molar-refractivity contribution in [2.45, 2.75) is 70.4 Å². The average molecular weight is 289 g/mol. The number of aromatic nitrogens is 2. The van der Waals surface area contributed by atoms with Crippen LogP contribution in [0, 0.1) is 12.8 Å². The molecule has 2 atom stereocenters. The Morgan fingerprint density at radius 2 is 2.14 bits per heavy atom. The summed E-state index contributed by atoms with van der Waals surface area (Å²) in [6.45, 7) is 4.97. The highest BCUT2D eigenvalue weighted by atomic mass is 16.5. The second-order valence-corrected chi connectivity index (χ2v) is 6.76. The van der Waals surface area contributed by atoms with Crippen LogP contribution in [0.4, 0.5) is 0 Å². The number of hydrogen-bond acceptors (Lipinski definition) is 4. The van der Waals surface area contributed by atoms with Crippen molar-refractivity contribution in [1.29, 1.82) is 0 Å². The van der Waals surface area contributed by atoms with E-state index in [9.17, 15) is 0 Å². The summed E-state index contributed by atoms with van der Waals surface area (Å²) in [5.41, 5.74) is 9.98. The summed E-state index contributed by atoms with van der Waals surface area (Å²) in [6, 6.07) is 2.20. The maximum Gasteiger partial charge on any atom is 0.0685 e. The number of nitrogens with two attached hydrogens (primary N) is 1. The van der Waals surface area contributed by atoms with Crippen LogP contribution >= 0.6 is 0 Å². The highest BCUT2D eigenvalue weighted by Crippen LogP contribution is 2.45. The predicted molar refractivity (Wildman–Crippen MR) is 83.0 cm³/mol. The molecule has 1 aromatic rings. The lowest BCUT2D eigenvalue weighted by molar-refractivity contribution is -0.0964. The molecule has 1 saturated heterocycles. The van der Waals surface area contributed by atoms with E-state index < -0.39 is 0 Å². The summed E-state index contributed by atoms with van der Waals surface area (Å²) in [5, 5.41) is 8.52. The minimum atomic E-state index is 0.0653. The molecule has 0 aromatic carbocycles. The molecular weight excluding hydrogens is 262 g/mol. The lowest BCUT2D eigenvalue weighted by atomic mass is 9.78. The molecule has 116 valence electrons. The van der Waals surface area contributed by atoms with E-state index in [1.54, 1.807) is 0 Å². The summed E-state index contributed by atoms with van der Waals surface area (Å²) in [6.07, 6.45) is 8.10. The number of ether oxygens (including phenoxy) is 1. The van der Waals surface area contributed by atoms with Crippen molar-refractivity contribution in [3.63, 3.8) is 0 Å². The summed E-state index contributed by atoms with van der Waals surface area (Å²) in [4.78, 5) is 0. The third-order valence-corrected chi connectivity index (χ3v) is 5.27. The number of rotatable bonds is 3. The fourth-order valence-electron chi connectivity index (χ4n) is 4.09. The minimum Gasteiger partial charge on any atom is -0.375 e. The van der Waals surface area contributed by atoms with E-state index in [2.05, 4.69) is 23.2 Å². The van der Waals surface area contributed by atoms with Crippen LogP contribution in [0.3, 0.4) is 0 Å². The van der Waals surface area contributed by atoms with Crippen LogP contribution in [-0.2, 0) is 11.2 Å². The van der Waals surface area contributed by atoms with Gasteiger partial charge in [-0.1, -0.05) is 19.8 Å². The van der Waals surface area contributed by atoms with Crippen LogP contribution in [0.5, 0.6) is 0 Å². The molecule has 2 aliphatic rings. The molecule has 0 amide bonds. The zero-order valence-corrected chi connectivity index (χ0v) is 13.3. The Hall–Kier alpha value is -1.00. The van der Waals surface area contributed by atoms with Gasteiger partial charge < -0.3 is 10.5 Å². The largest absolute Gasteiger partial charge is 0.375 e. The molecule has 1 saturated carbocycles. The maximum absolute atomic E-state index is 6.64. The first-order chi connectivity index (χ1) is 10.1.